The lowest BCUT2D eigenvalue weighted by atomic mass is 9.80. The minimum Gasteiger partial charge on any atom is -0.393 e. The number of carbonyl (C=O) groups is 1. The summed E-state index contributed by atoms with van der Waals surface area (Å²) >= 11 is 0. The Morgan fingerprint density at radius 2 is 1.90 bits per heavy atom. The minimum absolute atomic E-state index is 0.0291. The predicted octanol–water partition coefficient (Wildman–Crippen LogP) is 3.52. The van der Waals surface area contributed by atoms with Crippen molar-refractivity contribution in [2.45, 2.75) is 44.7 Å². The van der Waals surface area contributed by atoms with Gasteiger partial charge in [-0.15, -0.1) is 0 Å². The molecule has 0 aromatic heterocycles. The van der Waals surface area contributed by atoms with E-state index in [0.29, 0.717) is 49.0 Å². The van der Waals surface area contributed by atoms with E-state index in [9.17, 15) is 28.2 Å². The molecule has 4 rings (SSSR count). The highest BCUT2D eigenvalue weighted by Crippen LogP contribution is 2.38. The van der Waals surface area contributed by atoms with Gasteiger partial charge < -0.3 is 15.1 Å². The van der Waals surface area contributed by atoms with Crippen molar-refractivity contribution in [1.82, 2.24) is 4.90 Å². The monoisotopic (exact) mass is 405 g/mol. The highest BCUT2D eigenvalue weighted by Gasteiger charge is 2.37. The highest BCUT2D eigenvalue weighted by atomic mass is 19.4. The summed E-state index contributed by atoms with van der Waals surface area (Å²) in [6.45, 7) is 0.538. The summed E-state index contributed by atoms with van der Waals surface area (Å²) in [4.78, 5) is 14.4. The molecule has 1 aliphatic carbocycles. The number of benzene rings is 2. The van der Waals surface area contributed by atoms with Gasteiger partial charge in [-0.2, -0.15) is 13.2 Å². The zero-order valence-corrected chi connectivity index (χ0v) is 15.7. The molecule has 0 saturated heterocycles. The van der Waals surface area contributed by atoms with Gasteiger partial charge in [0.2, 0.25) is 5.91 Å². The smallest absolute Gasteiger partial charge is 0.393 e. The van der Waals surface area contributed by atoms with Crippen LogP contribution in [0.15, 0.2) is 36.4 Å². The lowest BCUT2D eigenvalue weighted by molar-refractivity contribution is -0.143. The molecule has 1 heterocycles. The quantitative estimate of drug-likeness (QED) is 0.822. The molecule has 7 heteroatoms. The SMILES string of the molecule is O=C(C1CC(O)C1)N1CCc2c(cccc2-c2cc(C(F)(F)F)ccc2CO)C1. The van der Waals surface area contributed by atoms with E-state index >= 15 is 0 Å². The van der Waals surface area contributed by atoms with Gasteiger partial charge in [-0.05, 0) is 59.2 Å². The molecule has 2 aromatic carbocycles. The number of aliphatic hydroxyl groups excluding tert-OH is 2. The first-order valence-electron chi connectivity index (χ1n) is 9.67. The molecule has 2 aliphatic rings. The van der Waals surface area contributed by atoms with E-state index in [0.717, 1.165) is 23.3 Å². The molecule has 2 aromatic rings. The van der Waals surface area contributed by atoms with Crippen LogP contribution in [0.4, 0.5) is 13.2 Å². The molecule has 1 saturated carbocycles. The van der Waals surface area contributed by atoms with E-state index in [-0.39, 0.29) is 18.4 Å². The molecule has 2 N–H and O–H groups in total. The molecule has 0 bridgehead atoms. The van der Waals surface area contributed by atoms with E-state index in [1.54, 1.807) is 17.0 Å². The molecule has 154 valence electrons. The summed E-state index contributed by atoms with van der Waals surface area (Å²) < 4.78 is 39.6. The molecule has 0 radical (unpaired) electrons. The number of hydrogen-bond acceptors (Lipinski definition) is 3. The van der Waals surface area contributed by atoms with Crippen molar-refractivity contribution >= 4 is 5.91 Å². The largest absolute Gasteiger partial charge is 0.416 e. The third-order valence-corrected chi connectivity index (χ3v) is 5.94. The molecule has 0 spiro atoms. The number of hydrogen-bond donors (Lipinski definition) is 2. The zero-order valence-electron chi connectivity index (χ0n) is 15.7. The Labute approximate surface area is 166 Å². The number of rotatable bonds is 3. The summed E-state index contributed by atoms with van der Waals surface area (Å²) in [5, 5.41) is 19.1. The number of fused-ring (bicyclic) bond motifs is 1. The predicted molar refractivity (Wildman–Crippen MR) is 101 cm³/mol. The van der Waals surface area contributed by atoms with Crippen molar-refractivity contribution in [2.24, 2.45) is 5.92 Å². The van der Waals surface area contributed by atoms with E-state index in [1.807, 2.05) is 6.07 Å². The van der Waals surface area contributed by atoms with Crippen LogP contribution < -0.4 is 0 Å². The van der Waals surface area contributed by atoms with Gasteiger partial charge in [0.15, 0.2) is 0 Å². The Morgan fingerprint density at radius 3 is 2.55 bits per heavy atom. The molecule has 0 atom stereocenters. The molecular weight excluding hydrogens is 383 g/mol. The van der Waals surface area contributed by atoms with Crippen LogP contribution in [0.1, 0.15) is 35.1 Å². The maximum Gasteiger partial charge on any atom is 0.416 e. The highest BCUT2D eigenvalue weighted by molar-refractivity contribution is 5.81. The zero-order chi connectivity index (χ0) is 20.8. The van der Waals surface area contributed by atoms with Crippen molar-refractivity contribution in [3.8, 4) is 11.1 Å². The Balaban J connectivity index is 1.67. The first-order chi connectivity index (χ1) is 13.8. The summed E-state index contributed by atoms with van der Waals surface area (Å²) in [7, 11) is 0. The van der Waals surface area contributed by atoms with E-state index in [4.69, 9.17) is 0 Å². The number of carbonyl (C=O) groups excluding carboxylic acids is 1. The van der Waals surface area contributed by atoms with Crippen LogP contribution in [0, 0.1) is 5.92 Å². The fourth-order valence-corrected chi connectivity index (χ4v) is 4.24. The second-order valence-corrected chi connectivity index (χ2v) is 7.80. The van der Waals surface area contributed by atoms with Gasteiger partial charge in [0.25, 0.3) is 0 Å². The molecule has 1 fully saturated rings. The standard InChI is InChI=1S/C22H22F3NO3/c23-22(24,25)16-5-4-14(12-27)20(10-16)19-3-1-2-13-11-26(7-6-18(13)19)21(29)15-8-17(28)9-15/h1-5,10,15,17,27-28H,6-9,11-12H2. The fourth-order valence-electron chi connectivity index (χ4n) is 4.24. The van der Waals surface area contributed by atoms with Crippen LogP contribution >= 0.6 is 0 Å². The van der Waals surface area contributed by atoms with Crippen molar-refractivity contribution in [3.63, 3.8) is 0 Å². The van der Waals surface area contributed by atoms with Crippen LogP contribution in [0.3, 0.4) is 0 Å². The Hall–Kier alpha value is -2.38. The minimum atomic E-state index is -4.46. The third kappa shape index (κ3) is 3.76. The van der Waals surface area contributed by atoms with Crippen molar-refractivity contribution in [2.75, 3.05) is 6.54 Å². The number of amides is 1. The topological polar surface area (TPSA) is 60.8 Å². The number of halogens is 3. The van der Waals surface area contributed by atoms with Crippen molar-refractivity contribution < 1.29 is 28.2 Å². The number of nitrogens with zero attached hydrogens (tertiary/aromatic N) is 1. The molecule has 1 amide bonds. The summed E-state index contributed by atoms with van der Waals surface area (Å²) in [5.74, 6) is -0.110. The lowest BCUT2D eigenvalue weighted by Gasteiger charge is -2.37. The summed E-state index contributed by atoms with van der Waals surface area (Å²) in [5.41, 5.74) is 2.55. The maximum absolute atomic E-state index is 13.2. The normalized spacial score (nSPS) is 21.5. The lowest BCUT2D eigenvalue weighted by Crippen LogP contribution is -2.45. The molecule has 0 unspecified atom stereocenters. The Morgan fingerprint density at radius 1 is 1.14 bits per heavy atom. The van der Waals surface area contributed by atoms with Crippen molar-refractivity contribution in [1.29, 1.82) is 0 Å². The molecule has 4 nitrogen and oxygen atoms in total. The van der Waals surface area contributed by atoms with Gasteiger partial charge in [-0.3, -0.25) is 4.79 Å². The van der Waals surface area contributed by atoms with E-state index in [2.05, 4.69) is 0 Å². The summed E-state index contributed by atoms with van der Waals surface area (Å²) in [6.07, 6.45) is -3.34. The van der Waals surface area contributed by atoms with Gasteiger partial charge >= 0.3 is 6.18 Å². The molecule has 1 aliphatic heterocycles. The van der Waals surface area contributed by atoms with Crippen LogP contribution in [0.25, 0.3) is 11.1 Å². The van der Waals surface area contributed by atoms with Gasteiger partial charge in [0, 0.05) is 19.0 Å². The van der Waals surface area contributed by atoms with Gasteiger partial charge in [0.1, 0.15) is 0 Å². The fraction of sp³-hybridized carbons (Fsp3) is 0.409. The van der Waals surface area contributed by atoms with Gasteiger partial charge in [-0.1, -0.05) is 24.3 Å². The van der Waals surface area contributed by atoms with Crippen molar-refractivity contribution in [3.05, 3.63) is 58.7 Å². The molecular formula is C22H22F3NO3. The average Bonchev–Trinajstić information content (AvgIpc) is 2.69. The second-order valence-electron chi connectivity index (χ2n) is 7.80. The first kappa shape index (κ1) is 19.9. The van der Waals surface area contributed by atoms with Crippen LogP contribution in [0.5, 0.6) is 0 Å². The van der Waals surface area contributed by atoms with Gasteiger partial charge in [0.05, 0.1) is 18.3 Å². The molecule has 29 heavy (non-hydrogen) atoms. The maximum atomic E-state index is 13.2. The first-order valence-corrected chi connectivity index (χ1v) is 9.67. The van der Waals surface area contributed by atoms with Crippen LogP contribution in [-0.4, -0.2) is 33.7 Å². The Kier molecular flexibility index (Phi) is 5.12. The average molecular weight is 405 g/mol. The number of alkyl halides is 3. The second kappa shape index (κ2) is 7.46. The van der Waals surface area contributed by atoms with Crippen LogP contribution in [0.2, 0.25) is 0 Å². The van der Waals surface area contributed by atoms with E-state index in [1.165, 1.54) is 6.07 Å². The summed E-state index contributed by atoms with van der Waals surface area (Å²) in [6, 6.07) is 8.83. The van der Waals surface area contributed by atoms with E-state index < -0.39 is 17.8 Å². The Bertz CT molecular complexity index is 935. The van der Waals surface area contributed by atoms with Gasteiger partial charge in [-0.25, -0.2) is 0 Å². The third-order valence-electron chi connectivity index (χ3n) is 5.94. The van der Waals surface area contributed by atoms with Crippen LogP contribution in [-0.2, 0) is 30.5 Å². The number of aliphatic hydroxyl groups is 2.